The molecule has 0 radical (unpaired) electrons. The summed E-state index contributed by atoms with van der Waals surface area (Å²) in [6.07, 6.45) is 2.01. The summed E-state index contributed by atoms with van der Waals surface area (Å²) in [5, 5.41) is 0. The molecule has 1 aliphatic rings. The van der Waals surface area contributed by atoms with E-state index in [9.17, 15) is 9.18 Å². The van der Waals surface area contributed by atoms with Gasteiger partial charge in [0, 0.05) is 19.6 Å². The zero-order valence-corrected chi connectivity index (χ0v) is 14.6. The summed E-state index contributed by atoms with van der Waals surface area (Å²) < 4.78 is 24.2. The molecule has 0 saturated carbocycles. The van der Waals surface area contributed by atoms with Crippen LogP contribution >= 0.6 is 0 Å². The fraction of sp³-hybridized carbons (Fsp3) is 0.350. The van der Waals surface area contributed by atoms with Crippen LogP contribution in [0, 0.1) is 5.82 Å². The number of hydrogen-bond acceptors (Lipinski definition) is 4. The monoisotopic (exact) mass is 358 g/mol. The lowest BCUT2D eigenvalue weighted by molar-refractivity contribution is -0.119. The number of primary amides is 1. The molecule has 138 valence electrons. The van der Waals surface area contributed by atoms with Gasteiger partial charge in [-0.15, -0.1) is 0 Å². The summed E-state index contributed by atoms with van der Waals surface area (Å²) in [5.74, 6) is 0.618. The average molecular weight is 358 g/mol. The summed E-state index contributed by atoms with van der Waals surface area (Å²) in [5.41, 5.74) is 6.23. The highest BCUT2D eigenvalue weighted by molar-refractivity contribution is 5.75. The first-order valence-corrected chi connectivity index (χ1v) is 8.73. The van der Waals surface area contributed by atoms with E-state index in [1.165, 1.54) is 12.1 Å². The van der Waals surface area contributed by atoms with Crippen molar-refractivity contribution in [2.75, 3.05) is 19.7 Å². The molecule has 6 heteroatoms. The Bertz CT molecular complexity index is 728. The summed E-state index contributed by atoms with van der Waals surface area (Å²) in [7, 11) is 0. The smallest absolute Gasteiger partial charge is 0.255 e. The number of hydrogen-bond donors (Lipinski definition) is 1. The number of halogens is 1. The molecule has 1 saturated heterocycles. The van der Waals surface area contributed by atoms with Crippen LogP contribution in [-0.2, 0) is 11.3 Å². The number of nitrogens with zero attached hydrogens (tertiary/aromatic N) is 1. The van der Waals surface area contributed by atoms with E-state index < -0.39 is 5.91 Å². The molecule has 2 aromatic rings. The van der Waals surface area contributed by atoms with Crippen molar-refractivity contribution in [1.82, 2.24) is 4.90 Å². The molecule has 1 aliphatic heterocycles. The largest absolute Gasteiger partial charge is 0.490 e. The van der Waals surface area contributed by atoms with E-state index in [0.29, 0.717) is 11.5 Å². The first-order chi connectivity index (χ1) is 12.6. The summed E-state index contributed by atoms with van der Waals surface area (Å²) in [6, 6.07) is 13.9. The molecule has 0 unspecified atom stereocenters. The van der Waals surface area contributed by atoms with E-state index in [2.05, 4.69) is 4.90 Å². The highest BCUT2D eigenvalue weighted by Crippen LogP contribution is 2.21. The average Bonchev–Trinajstić information content (AvgIpc) is 2.64. The number of likely N-dealkylation sites (tertiary alicyclic amines) is 1. The molecule has 0 atom stereocenters. The van der Waals surface area contributed by atoms with Crippen molar-refractivity contribution in [2.24, 2.45) is 5.73 Å². The van der Waals surface area contributed by atoms with Crippen molar-refractivity contribution in [2.45, 2.75) is 25.5 Å². The number of nitrogens with two attached hydrogens (primary N) is 1. The first-order valence-electron chi connectivity index (χ1n) is 8.73. The van der Waals surface area contributed by atoms with E-state index in [0.717, 1.165) is 38.0 Å². The molecule has 5 nitrogen and oxygen atoms in total. The Labute approximate surface area is 152 Å². The molecule has 3 rings (SSSR count). The Morgan fingerprint density at radius 2 is 1.85 bits per heavy atom. The lowest BCUT2D eigenvalue weighted by Crippen LogP contribution is -2.37. The Balaban J connectivity index is 1.47. The van der Waals surface area contributed by atoms with Crippen molar-refractivity contribution in [3.8, 4) is 11.5 Å². The molecule has 0 bridgehead atoms. The second kappa shape index (κ2) is 8.67. The fourth-order valence-electron chi connectivity index (χ4n) is 3.04. The third kappa shape index (κ3) is 5.46. The van der Waals surface area contributed by atoms with Gasteiger partial charge in [0.05, 0.1) is 0 Å². The summed E-state index contributed by atoms with van der Waals surface area (Å²) in [6.45, 7) is 2.56. The maximum absolute atomic E-state index is 12.9. The van der Waals surface area contributed by atoms with Gasteiger partial charge in [-0.3, -0.25) is 9.69 Å². The number of amides is 1. The predicted molar refractivity (Wildman–Crippen MR) is 96.5 cm³/mol. The molecule has 1 amide bonds. The molecular formula is C20H23FN2O3. The number of benzene rings is 2. The number of piperidine rings is 1. The van der Waals surface area contributed by atoms with Crippen LogP contribution < -0.4 is 15.2 Å². The lowest BCUT2D eigenvalue weighted by atomic mass is 10.1. The van der Waals surface area contributed by atoms with Gasteiger partial charge in [0.2, 0.25) is 0 Å². The third-order valence-corrected chi connectivity index (χ3v) is 4.34. The van der Waals surface area contributed by atoms with Crippen LogP contribution in [0.2, 0.25) is 0 Å². The van der Waals surface area contributed by atoms with Gasteiger partial charge >= 0.3 is 0 Å². The van der Waals surface area contributed by atoms with Crippen molar-refractivity contribution in [3.05, 3.63) is 59.9 Å². The lowest BCUT2D eigenvalue weighted by Gasteiger charge is -2.32. The highest BCUT2D eigenvalue weighted by Gasteiger charge is 2.20. The van der Waals surface area contributed by atoms with E-state index in [1.54, 1.807) is 12.1 Å². The maximum atomic E-state index is 12.9. The summed E-state index contributed by atoms with van der Waals surface area (Å²) >= 11 is 0. The minimum absolute atomic E-state index is 0.116. The number of rotatable bonds is 7. The van der Waals surface area contributed by atoms with Crippen molar-refractivity contribution < 1.29 is 18.7 Å². The quantitative estimate of drug-likeness (QED) is 0.827. The van der Waals surface area contributed by atoms with Gasteiger partial charge in [0.25, 0.3) is 5.91 Å². The SMILES string of the molecule is NC(=O)COc1cccc(CN2CCC(Oc3ccc(F)cc3)CC2)c1. The van der Waals surface area contributed by atoms with E-state index in [-0.39, 0.29) is 18.5 Å². The van der Waals surface area contributed by atoms with Gasteiger partial charge in [0.15, 0.2) is 6.61 Å². The zero-order chi connectivity index (χ0) is 18.4. The second-order valence-electron chi connectivity index (χ2n) is 6.45. The van der Waals surface area contributed by atoms with Crippen LogP contribution in [-0.4, -0.2) is 36.6 Å². The van der Waals surface area contributed by atoms with Gasteiger partial charge in [-0.1, -0.05) is 12.1 Å². The van der Waals surface area contributed by atoms with Crippen molar-refractivity contribution >= 4 is 5.91 Å². The zero-order valence-electron chi connectivity index (χ0n) is 14.6. The van der Waals surface area contributed by atoms with Gasteiger partial charge in [-0.2, -0.15) is 0 Å². The summed E-state index contributed by atoms with van der Waals surface area (Å²) in [4.78, 5) is 13.2. The van der Waals surface area contributed by atoms with Gasteiger partial charge in [-0.05, 0) is 54.8 Å². The first kappa shape index (κ1) is 18.2. The fourth-order valence-corrected chi connectivity index (χ4v) is 3.04. The van der Waals surface area contributed by atoms with E-state index in [4.69, 9.17) is 15.2 Å². The minimum Gasteiger partial charge on any atom is -0.490 e. The number of ether oxygens (including phenoxy) is 2. The molecule has 0 spiro atoms. The van der Waals surface area contributed by atoms with Crippen LogP contribution in [0.15, 0.2) is 48.5 Å². The number of carbonyl (C=O) groups is 1. The van der Waals surface area contributed by atoms with Crippen LogP contribution in [0.4, 0.5) is 4.39 Å². The van der Waals surface area contributed by atoms with Crippen LogP contribution in [0.1, 0.15) is 18.4 Å². The van der Waals surface area contributed by atoms with Crippen LogP contribution in [0.5, 0.6) is 11.5 Å². The van der Waals surface area contributed by atoms with E-state index >= 15 is 0 Å². The Morgan fingerprint density at radius 3 is 2.54 bits per heavy atom. The Morgan fingerprint density at radius 1 is 1.12 bits per heavy atom. The highest BCUT2D eigenvalue weighted by atomic mass is 19.1. The van der Waals surface area contributed by atoms with Gasteiger partial charge in [0.1, 0.15) is 23.4 Å². The number of carbonyl (C=O) groups excluding carboxylic acids is 1. The Kier molecular flexibility index (Phi) is 6.07. The molecule has 26 heavy (non-hydrogen) atoms. The van der Waals surface area contributed by atoms with E-state index in [1.807, 2.05) is 24.3 Å². The van der Waals surface area contributed by atoms with Crippen molar-refractivity contribution in [3.63, 3.8) is 0 Å². The predicted octanol–water partition coefficient (Wildman–Crippen LogP) is 2.73. The van der Waals surface area contributed by atoms with Gasteiger partial charge in [-0.25, -0.2) is 4.39 Å². The van der Waals surface area contributed by atoms with Crippen LogP contribution in [0.3, 0.4) is 0 Å². The molecular weight excluding hydrogens is 335 g/mol. The molecule has 1 heterocycles. The standard InChI is InChI=1S/C20H23FN2O3/c21-16-4-6-17(7-5-16)26-18-8-10-23(11-9-18)13-15-2-1-3-19(12-15)25-14-20(22)24/h1-7,12,18H,8-11,13-14H2,(H2,22,24). The van der Waals surface area contributed by atoms with Gasteiger partial charge < -0.3 is 15.2 Å². The molecule has 0 aromatic heterocycles. The molecule has 2 aromatic carbocycles. The second-order valence-corrected chi connectivity index (χ2v) is 6.45. The molecule has 2 N–H and O–H groups in total. The maximum Gasteiger partial charge on any atom is 0.255 e. The Hall–Kier alpha value is -2.60. The third-order valence-electron chi connectivity index (χ3n) is 4.34. The topological polar surface area (TPSA) is 64.8 Å². The minimum atomic E-state index is -0.487. The van der Waals surface area contributed by atoms with Crippen molar-refractivity contribution in [1.29, 1.82) is 0 Å². The van der Waals surface area contributed by atoms with Crippen LogP contribution in [0.25, 0.3) is 0 Å². The molecule has 1 fully saturated rings. The molecule has 0 aliphatic carbocycles. The normalized spacial score (nSPS) is 15.6.